The van der Waals surface area contributed by atoms with Crippen LogP contribution in [0, 0.1) is 0 Å². The van der Waals surface area contributed by atoms with Crippen molar-refractivity contribution in [2.75, 3.05) is 24.1 Å². The number of carbonyl (C=O) groups is 2. The Hall–Kier alpha value is -2.24. The van der Waals surface area contributed by atoms with Crippen molar-refractivity contribution in [3.63, 3.8) is 0 Å². The molecule has 0 fully saturated rings. The van der Waals surface area contributed by atoms with Gasteiger partial charge in [0.15, 0.2) is 0 Å². The molecule has 6 heteroatoms. The number of amides is 1. The summed E-state index contributed by atoms with van der Waals surface area (Å²) in [6.45, 7) is 2.96. The van der Waals surface area contributed by atoms with Crippen LogP contribution in [0.3, 0.4) is 0 Å². The van der Waals surface area contributed by atoms with E-state index in [1.807, 2.05) is 6.92 Å². The largest absolute Gasteiger partial charge is 0.478 e. The molecule has 6 nitrogen and oxygen atoms in total. The zero-order valence-electron chi connectivity index (χ0n) is 10.9. The summed E-state index contributed by atoms with van der Waals surface area (Å²) < 4.78 is 0. The molecule has 0 unspecified atom stereocenters. The van der Waals surface area contributed by atoms with E-state index < -0.39 is 5.97 Å². The van der Waals surface area contributed by atoms with Gasteiger partial charge < -0.3 is 21.5 Å². The first kappa shape index (κ1) is 14.8. The summed E-state index contributed by atoms with van der Waals surface area (Å²) in [6.07, 6.45) is 1.15. The van der Waals surface area contributed by atoms with Gasteiger partial charge in [-0.1, -0.05) is 13.0 Å². The van der Waals surface area contributed by atoms with Crippen LogP contribution in [-0.4, -0.2) is 30.1 Å². The average molecular weight is 265 g/mol. The van der Waals surface area contributed by atoms with Gasteiger partial charge in [0.2, 0.25) is 5.91 Å². The number of carbonyl (C=O) groups excluding carboxylic acids is 1. The van der Waals surface area contributed by atoms with Crippen LogP contribution in [0.1, 0.15) is 30.1 Å². The predicted octanol–water partition coefficient (Wildman–Crippen LogP) is 1.30. The molecular formula is C13H19N3O3. The van der Waals surface area contributed by atoms with Gasteiger partial charge in [-0.25, -0.2) is 4.79 Å². The third kappa shape index (κ3) is 4.50. The number of carboxylic acid groups (broad SMARTS) is 1. The number of para-hydroxylation sites is 1. The maximum atomic E-state index is 11.4. The second kappa shape index (κ2) is 7.25. The molecule has 1 aromatic carbocycles. The average Bonchev–Trinajstić information content (AvgIpc) is 2.37. The molecule has 0 aromatic heterocycles. The fraction of sp³-hybridized carbons (Fsp3) is 0.385. The minimum atomic E-state index is -1.05. The molecule has 104 valence electrons. The number of carboxylic acids is 1. The van der Waals surface area contributed by atoms with E-state index in [4.69, 9.17) is 10.8 Å². The Labute approximate surface area is 112 Å². The third-order valence-electron chi connectivity index (χ3n) is 2.55. The minimum absolute atomic E-state index is 0.0688. The van der Waals surface area contributed by atoms with Crippen molar-refractivity contribution in [1.29, 1.82) is 0 Å². The lowest BCUT2D eigenvalue weighted by molar-refractivity contribution is -0.120. The number of nitrogen functional groups attached to an aromatic ring is 1. The number of nitrogens with one attached hydrogen (secondary N) is 2. The molecular weight excluding hydrogens is 246 g/mol. The fourth-order valence-electron chi connectivity index (χ4n) is 1.60. The van der Waals surface area contributed by atoms with E-state index in [0.29, 0.717) is 24.5 Å². The molecule has 0 bridgehead atoms. The van der Waals surface area contributed by atoms with Crippen molar-refractivity contribution in [3.8, 4) is 0 Å². The number of rotatable bonds is 7. The topological polar surface area (TPSA) is 104 Å². The molecule has 0 saturated carbocycles. The van der Waals surface area contributed by atoms with Gasteiger partial charge in [-0.2, -0.15) is 0 Å². The van der Waals surface area contributed by atoms with E-state index in [-0.39, 0.29) is 17.9 Å². The van der Waals surface area contributed by atoms with Crippen LogP contribution in [0.2, 0.25) is 0 Å². The highest BCUT2D eigenvalue weighted by Crippen LogP contribution is 2.23. The number of benzene rings is 1. The first-order valence-electron chi connectivity index (χ1n) is 6.18. The van der Waals surface area contributed by atoms with E-state index in [0.717, 1.165) is 6.42 Å². The van der Waals surface area contributed by atoms with Crippen LogP contribution in [0.4, 0.5) is 11.4 Å². The SMILES string of the molecule is CCCNC(=O)CCNc1c(N)cccc1C(=O)O. The van der Waals surface area contributed by atoms with E-state index in [9.17, 15) is 9.59 Å². The van der Waals surface area contributed by atoms with Gasteiger partial charge >= 0.3 is 5.97 Å². The van der Waals surface area contributed by atoms with Crippen LogP contribution in [0.25, 0.3) is 0 Å². The Bertz CT molecular complexity index is 460. The highest BCUT2D eigenvalue weighted by atomic mass is 16.4. The first-order valence-corrected chi connectivity index (χ1v) is 6.18. The van der Waals surface area contributed by atoms with Crippen molar-refractivity contribution in [2.24, 2.45) is 0 Å². The van der Waals surface area contributed by atoms with E-state index in [2.05, 4.69) is 10.6 Å². The monoisotopic (exact) mass is 265 g/mol. The second-order valence-electron chi connectivity index (χ2n) is 4.10. The normalized spacial score (nSPS) is 9.95. The molecule has 0 heterocycles. The smallest absolute Gasteiger partial charge is 0.337 e. The summed E-state index contributed by atoms with van der Waals surface area (Å²) in [5.41, 5.74) is 6.55. The Morgan fingerprint density at radius 1 is 1.32 bits per heavy atom. The zero-order valence-corrected chi connectivity index (χ0v) is 10.9. The summed E-state index contributed by atoms with van der Waals surface area (Å²) in [5.74, 6) is -1.12. The minimum Gasteiger partial charge on any atom is -0.478 e. The Morgan fingerprint density at radius 2 is 2.05 bits per heavy atom. The number of hydrogen-bond acceptors (Lipinski definition) is 4. The van der Waals surface area contributed by atoms with E-state index in [1.165, 1.54) is 6.07 Å². The van der Waals surface area contributed by atoms with Crippen molar-refractivity contribution < 1.29 is 14.7 Å². The number of aromatic carboxylic acids is 1. The third-order valence-corrected chi connectivity index (χ3v) is 2.55. The van der Waals surface area contributed by atoms with Gasteiger partial charge in [0.1, 0.15) is 0 Å². The van der Waals surface area contributed by atoms with Crippen LogP contribution in [-0.2, 0) is 4.79 Å². The Kier molecular flexibility index (Phi) is 5.66. The Balaban J connectivity index is 2.58. The lowest BCUT2D eigenvalue weighted by Gasteiger charge is -2.12. The lowest BCUT2D eigenvalue weighted by Crippen LogP contribution is -2.26. The lowest BCUT2D eigenvalue weighted by atomic mass is 10.1. The van der Waals surface area contributed by atoms with Gasteiger partial charge in [-0.3, -0.25) is 4.79 Å². The second-order valence-corrected chi connectivity index (χ2v) is 4.10. The summed E-state index contributed by atoms with van der Waals surface area (Å²) in [6, 6.07) is 4.67. The van der Waals surface area contributed by atoms with Crippen LogP contribution in [0.5, 0.6) is 0 Å². The van der Waals surface area contributed by atoms with Crippen LogP contribution in [0.15, 0.2) is 18.2 Å². The zero-order chi connectivity index (χ0) is 14.3. The maximum absolute atomic E-state index is 11.4. The number of anilines is 2. The highest BCUT2D eigenvalue weighted by molar-refractivity contribution is 5.97. The van der Waals surface area contributed by atoms with Crippen molar-refractivity contribution in [2.45, 2.75) is 19.8 Å². The maximum Gasteiger partial charge on any atom is 0.337 e. The van der Waals surface area contributed by atoms with Gasteiger partial charge in [-0.05, 0) is 18.6 Å². The van der Waals surface area contributed by atoms with Crippen molar-refractivity contribution >= 4 is 23.3 Å². The molecule has 5 N–H and O–H groups in total. The summed E-state index contributed by atoms with van der Waals surface area (Å²) in [7, 11) is 0. The molecule has 19 heavy (non-hydrogen) atoms. The summed E-state index contributed by atoms with van der Waals surface area (Å²) in [4.78, 5) is 22.4. The van der Waals surface area contributed by atoms with Gasteiger partial charge in [0.05, 0.1) is 16.9 Å². The van der Waals surface area contributed by atoms with Gasteiger partial charge in [-0.15, -0.1) is 0 Å². The standard InChI is InChI=1S/C13H19N3O3/c1-2-7-15-11(17)6-8-16-12-9(13(18)19)4-3-5-10(12)14/h3-5,16H,2,6-8,14H2,1H3,(H,15,17)(H,18,19). The summed E-state index contributed by atoms with van der Waals surface area (Å²) in [5, 5.41) is 14.7. The van der Waals surface area contributed by atoms with Crippen LogP contribution < -0.4 is 16.4 Å². The molecule has 0 aliphatic rings. The van der Waals surface area contributed by atoms with Gasteiger partial charge in [0.25, 0.3) is 0 Å². The molecule has 0 radical (unpaired) electrons. The summed E-state index contributed by atoms with van der Waals surface area (Å²) >= 11 is 0. The van der Waals surface area contributed by atoms with Crippen molar-refractivity contribution in [3.05, 3.63) is 23.8 Å². The molecule has 1 aromatic rings. The molecule has 0 aliphatic heterocycles. The number of hydrogen-bond donors (Lipinski definition) is 4. The molecule has 0 aliphatic carbocycles. The van der Waals surface area contributed by atoms with Crippen molar-refractivity contribution in [1.82, 2.24) is 5.32 Å². The predicted molar refractivity (Wildman–Crippen MR) is 74.2 cm³/mol. The molecule has 0 saturated heterocycles. The quantitative estimate of drug-likeness (QED) is 0.556. The molecule has 0 spiro atoms. The molecule has 1 rings (SSSR count). The van der Waals surface area contributed by atoms with Crippen LogP contribution >= 0.6 is 0 Å². The van der Waals surface area contributed by atoms with E-state index in [1.54, 1.807) is 12.1 Å². The fourth-order valence-corrected chi connectivity index (χ4v) is 1.60. The molecule has 1 amide bonds. The molecule has 0 atom stereocenters. The van der Waals surface area contributed by atoms with E-state index >= 15 is 0 Å². The number of nitrogens with two attached hydrogens (primary N) is 1. The van der Waals surface area contributed by atoms with Gasteiger partial charge in [0, 0.05) is 19.5 Å². The highest BCUT2D eigenvalue weighted by Gasteiger charge is 2.12. The first-order chi connectivity index (χ1) is 9.06. The Morgan fingerprint density at radius 3 is 2.68 bits per heavy atom.